The summed E-state index contributed by atoms with van der Waals surface area (Å²) in [5, 5.41) is 30.8. The van der Waals surface area contributed by atoms with Crippen LogP contribution in [0.2, 0.25) is 0 Å². The second-order valence-corrected chi connectivity index (χ2v) is 4.02. The molecule has 0 fully saturated rings. The van der Waals surface area contributed by atoms with E-state index in [4.69, 9.17) is 0 Å². The van der Waals surface area contributed by atoms with Gasteiger partial charge in [-0.15, -0.1) is 0 Å². The number of aliphatic hydroxyl groups is 3. The van der Waals surface area contributed by atoms with E-state index in [-0.39, 0.29) is 5.56 Å². The molecule has 0 aliphatic rings. The van der Waals surface area contributed by atoms with E-state index in [1.165, 1.54) is 6.07 Å². The molecule has 0 spiro atoms. The van der Waals surface area contributed by atoms with Crippen molar-refractivity contribution in [1.29, 1.82) is 0 Å². The van der Waals surface area contributed by atoms with Gasteiger partial charge in [-0.3, -0.25) is 0 Å². The lowest BCUT2D eigenvalue weighted by molar-refractivity contribution is -0.323. The Morgan fingerprint density at radius 3 is 2.11 bits per heavy atom. The van der Waals surface area contributed by atoms with Crippen molar-refractivity contribution in [3.05, 3.63) is 65.7 Å². The Morgan fingerprint density at radius 2 is 1.44 bits per heavy atom. The lowest BCUT2D eigenvalue weighted by Gasteiger charge is -2.19. The quantitative estimate of drug-likeness (QED) is 0.614. The average Bonchev–Trinajstić information content (AvgIpc) is 2.37. The van der Waals surface area contributed by atoms with Gasteiger partial charge in [-0.05, 0) is 17.7 Å². The second kappa shape index (κ2) is 5.18. The van der Waals surface area contributed by atoms with E-state index in [1.807, 2.05) is 30.3 Å². The zero-order valence-corrected chi connectivity index (χ0v) is 9.74. The van der Waals surface area contributed by atoms with Gasteiger partial charge < -0.3 is 20.6 Å². The lowest BCUT2D eigenvalue weighted by atomic mass is 10.1. The summed E-state index contributed by atoms with van der Waals surface area (Å²) in [6, 6.07) is 16.2. The molecule has 0 heterocycles. The Labute approximate surface area is 105 Å². The van der Waals surface area contributed by atoms with Crippen LogP contribution in [0.3, 0.4) is 0 Å². The highest BCUT2D eigenvalue weighted by Gasteiger charge is 2.24. The van der Waals surface area contributed by atoms with Crippen LogP contribution in [0, 0.1) is 0 Å². The van der Waals surface area contributed by atoms with Crippen molar-refractivity contribution < 1.29 is 15.3 Å². The second-order valence-electron chi connectivity index (χ2n) is 4.02. The minimum atomic E-state index is -2.83. The third-order valence-corrected chi connectivity index (χ3v) is 2.61. The highest BCUT2D eigenvalue weighted by Crippen LogP contribution is 2.24. The van der Waals surface area contributed by atoms with Crippen molar-refractivity contribution in [2.24, 2.45) is 0 Å². The zero-order valence-electron chi connectivity index (χ0n) is 9.74. The summed E-state index contributed by atoms with van der Waals surface area (Å²) >= 11 is 0. The molecule has 4 N–H and O–H groups in total. The molecule has 0 unspecified atom stereocenters. The van der Waals surface area contributed by atoms with Crippen LogP contribution in [0.1, 0.15) is 11.1 Å². The van der Waals surface area contributed by atoms with Crippen molar-refractivity contribution in [1.82, 2.24) is 0 Å². The Balaban J connectivity index is 2.15. The number of rotatable bonds is 4. The maximum Gasteiger partial charge on any atom is 0.306 e. The smallest absolute Gasteiger partial charge is 0.306 e. The van der Waals surface area contributed by atoms with Crippen molar-refractivity contribution in [3.63, 3.8) is 0 Å². The van der Waals surface area contributed by atoms with Crippen molar-refractivity contribution >= 4 is 5.69 Å². The van der Waals surface area contributed by atoms with Gasteiger partial charge in [0.2, 0.25) is 0 Å². The Kier molecular flexibility index (Phi) is 3.62. The number of para-hydroxylation sites is 1. The fraction of sp³-hybridized carbons (Fsp3) is 0.143. The summed E-state index contributed by atoms with van der Waals surface area (Å²) in [4.78, 5) is 0. The van der Waals surface area contributed by atoms with Gasteiger partial charge in [-0.25, -0.2) is 0 Å². The molecule has 4 heteroatoms. The highest BCUT2D eigenvalue weighted by atomic mass is 16.7. The van der Waals surface area contributed by atoms with Gasteiger partial charge in [-0.2, -0.15) is 0 Å². The lowest BCUT2D eigenvalue weighted by Crippen LogP contribution is -2.25. The Bertz CT molecular complexity index is 506. The Hall–Kier alpha value is -1.88. The van der Waals surface area contributed by atoms with Crippen LogP contribution in [0.25, 0.3) is 0 Å². The molecule has 4 nitrogen and oxygen atoms in total. The van der Waals surface area contributed by atoms with Gasteiger partial charge in [0.05, 0.1) is 5.56 Å². The molecule has 2 rings (SSSR count). The van der Waals surface area contributed by atoms with Crippen LogP contribution >= 0.6 is 0 Å². The summed E-state index contributed by atoms with van der Waals surface area (Å²) in [5.74, 6) is -2.83. The third-order valence-electron chi connectivity index (χ3n) is 2.61. The normalized spacial score (nSPS) is 11.3. The van der Waals surface area contributed by atoms with Crippen LogP contribution in [0.15, 0.2) is 54.6 Å². The minimum Gasteiger partial charge on any atom is -0.380 e. The van der Waals surface area contributed by atoms with E-state index >= 15 is 0 Å². The molecule has 0 aromatic heterocycles. The predicted molar refractivity (Wildman–Crippen MR) is 68.5 cm³/mol. The fourth-order valence-corrected chi connectivity index (χ4v) is 1.72. The minimum absolute atomic E-state index is 0.0286. The van der Waals surface area contributed by atoms with Gasteiger partial charge in [0.1, 0.15) is 0 Å². The van der Waals surface area contributed by atoms with Gasteiger partial charge >= 0.3 is 5.97 Å². The van der Waals surface area contributed by atoms with Crippen LogP contribution < -0.4 is 5.32 Å². The van der Waals surface area contributed by atoms with Crippen LogP contribution in [-0.2, 0) is 12.5 Å². The molecule has 18 heavy (non-hydrogen) atoms. The molecule has 0 aliphatic carbocycles. The van der Waals surface area contributed by atoms with Crippen molar-refractivity contribution in [2.75, 3.05) is 5.32 Å². The molecule has 0 radical (unpaired) electrons. The molecule has 94 valence electrons. The van der Waals surface area contributed by atoms with Gasteiger partial charge in [0, 0.05) is 12.2 Å². The van der Waals surface area contributed by atoms with Gasteiger partial charge in [-0.1, -0.05) is 42.5 Å². The molecular weight excluding hydrogens is 230 g/mol. The largest absolute Gasteiger partial charge is 0.380 e. The molecule has 2 aromatic rings. The van der Waals surface area contributed by atoms with Crippen LogP contribution in [0.5, 0.6) is 0 Å². The topological polar surface area (TPSA) is 72.7 Å². The fourth-order valence-electron chi connectivity index (χ4n) is 1.72. The number of anilines is 1. The standard InChI is InChI=1S/C14H15NO3/c16-14(17,18)12-8-4-5-9-13(12)15-10-11-6-2-1-3-7-11/h1-9,15-18H,10H2. The van der Waals surface area contributed by atoms with Gasteiger partial charge in [0.15, 0.2) is 0 Å². The predicted octanol–water partition coefficient (Wildman–Crippen LogP) is 1.39. The highest BCUT2D eigenvalue weighted by molar-refractivity contribution is 5.52. The zero-order chi connectivity index (χ0) is 13.0. The van der Waals surface area contributed by atoms with Gasteiger partial charge in [0.25, 0.3) is 0 Å². The van der Waals surface area contributed by atoms with E-state index in [9.17, 15) is 15.3 Å². The van der Waals surface area contributed by atoms with E-state index in [0.717, 1.165) is 5.56 Å². The first-order chi connectivity index (χ1) is 8.57. The summed E-state index contributed by atoms with van der Waals surface area (Å²) in [6.07, 6.45) is 0. The van der Waals surface area contributed by atoms with E-state index in [2.05, 4.69) is 5.32 Å². The van der Waals surface area contributed by atoms with Crippen LogP contribution in [0.4, 0.5) is 5.69 Å². The molecule has 0 amide bonds. The number of hydrogen-bond donors (Lipinski definition) is 4. The average molecular weight is 245 g/mol. The monoisotopic (exact) mass is 245 g/mol. The SMILES string of the molecule is OC(O)(O)c1ccccc1NCc1ccccc1. The molecule has 0 saturated heterocycles. The molecule has 0 atom stereocenters. The summed E-state index contributed by atoms with van der Waals surface area (Å²) in [7, 11) is 0. The molecular formula is C14H15NO3. The van der Waals surface area contributed by atoms with Crippen LogP contribution in [-0.4, -0.2) is 15.3 Å². The van der Waals surface area contributed by atoms with E-state index in [0.29, 0.717) is 12.2 Å². The molecule has 2 aromatic carbocycles. The molecule has 0 bridgehead atoms. The number of hydrogen-bond acceptors (Lipinski definition) is 4. The Morgan fingerprint density at radius 1 is 0.833 bits per heavy atom. The van der Waals surface area contributed by atoms with E-state index in [1.54, 1.807) is 18.2 Å². The maximum atomic E-state index is 9.24. The summed E-state index contributed by atoms with van der Waals surface area (Å²) < 4.78 is 0. The first kappa shape index (κ1) is 12.6. The van der Waals surface area contributed by atoms with Crippen molar-refractivity contribution in [2.45, 2.75) is 12.5 Å². The molecule has 0 saturated carbocycles. The number of nitrogens with one attached hydrogen (secondary N) is 1. The number of benzene rings is 2. The molecule has 0 aliphatic heterocycles. The third kappa shape index (κ3) is 3.07. The van der Waals surface area contributed by atoms with Crippen molar-refractivity contribution in [3.8, 4) is 0 Å². The summed E-state index contributed by atoms with van der Waals surface area (Å²) in [5.41, 5.74) is 1.57. The maximum absolute atomic E-state index is 9.24. The van der Waals surface area contributed by atoms with E-state index < -0.39 is 5.97 Å². The first-order valence-corrected chi connectivity index (χ1v) is 5.62. The first-order valence-electron chi connectivity index (χ1n) is 5.62. The summed E-state index contributed by atoms with van der Waals surface area (Å²) in [6.45, 7) is 0.536.